The van der Waals surface area contributed by atoms with Crippen LogP contribution in [0.25, 0.3) is 0 Å². The number of carbonyl (C=O) groups excluding carboxylic acids is 1. The Balaban J connectivity index is 1.94. The van der Waals surface area contributed by atoms with Gasteiger partial charge < -0.3 is 4.90 Å². The van der Waals surface area contributed by atoms with Gasteiger partial charge in [-0.3, -0.25) is 14.9 Å². The Morgan fingerprint density at radius 1 is 1.33 bits per heavy atom. The number of aryl methyl sites for hydroxylation is 2. The molecule has 0 aliphatic carbocycles. The third kappa shape index (κ3) is 2.38. The van der Waals surface area contributed by atoms with E-state index in [4.69, 9.17) is 5.84 Å². The second kappa shape index (κ2) is 5.21. The van der Waals surface area contributed by atoms with Crippen LogP contribution in [0.5, 0.6) is 0 Å². The van der Waals surface area contributed by atoms with Crippen LogP contribution in [0, 0.1) is 6.92 Å². The summed E-state index contributed by atoms with van der Waals surface area (Å²) in [5, 5.41) is 4.30. The minimum Gasteiger partial charge on any atom is -0.367 e. The Morgan fingerprint density at radius 2 is 2.05 bits per heavy atom. The predicted octanol–water partition coefficient (Wildman–Crippen LogP) is 0.895. The first-order valence-electron chi connectivity index (χ1n) is 6.97. The lowest BCUT2D eigenvalue weighted by molar-refractivity contribution is 0.0947. The number of benzene rings is 1. The average Bonchev–Trinajstić information content (AvgIpc) is 2.84. The second-order valence-electron chi connectivity index (χ2n) is 5.38. The van der Waals surface area contributed by atoms with Crippen LogP contribution >= 0.6 is 0 Å². The second-order valence-corrected chi connectivity index (χ2v) is 5.38. The van der Waals surface area contributed by atoms with Gasteiger partial charge in [0, 0.05) is 43.5 Å². The molecule has 3 N–H and O–H groups in total. The van der Waals surface area contributed by atoms with Gasteiger partial charge in [-0.2, -0.15) is 5.10 Å². The molecule has 2 heterocycles. The maximum atomic E-state index is 11.9. The smallest absolute Gasteiger partial charge is 0.286 e. The topological polar surface area (TPSA) is 76.2 Å². The fourth-order valence-electron chi connectivity index (χ4n) is 2.82. The van der Waals surface area contributed by atoms with Crippen molar-refractivity contribution in [1.29, 1.82) is 0 Å². The zero-order chi connectivity index (χ0) is 15.0. The lowest BCUT2D eigenvalue weighted by atomic mass is 10.0. The fraction of sp³-hybridized carbons (Fsp3) is 0.333. The van der Waals surface area contributed by atoms with Gasteiger partial charge in [-0.25, -0.2) is 5.84 Å². The molecule has 0 saturated heterocycles. The van der Waals surface area contributed by atoms with E-state index in [1.54, 1.807) is 4.68 Å². The first-order chi connectivity index (χ1) is 10.1. The summed E-state index contributed by atoms with van der Waals surface area (Å²) in [6.07, 6.45) is 0.866. The summed E-state index contributed by atoms with van der Waals surface area (Å²) in [6, 6.07) is 8.42. The maximum absolute atomic E-state index is 11.9. The van der Waals surface area contributed by atoms with Gasteiger partial charge in [0.25, 0.3) is 5.91 Å². The molecule has 6 nitrogen and oxygen atoms in total. The Bertz CT molecular complexity index is 674. The molecule has 1 aliphatic heterocycles. The van der Waals surface area contributed by atoms with Crippen molar-refractivity contribution in [2.24, 2.45) is 12.9 Å². The maximum Gasteiger partial charge on any atom is 0.286 e. The number of aromatic nitrogens is 2. The number of rotatable bonds is 2. The molecular formula is C15H19N5O. The summed E-state index contributed by atoms with van der Waals surface area (Å²) in [5.41, 5.74) is 7.07. The van der Waals surface area contributed by atoms with Gasteiger partial charge >= 0.3 is 0 Å². The molecule has 0 spiro atoms. The highest BCUT2D eigenvalue weighted by molar-refractivity contribution is 5.93. The van der Waals surface area contributed by atoms with Gasteiger partial charge in [-0.1, -0.05) is 17.7 Å². The molecule has 0 saturated carbocycles. The molecule has 1 amide bonds. The lowest BCUT2D eigenvalue weighted by Crippen LogP contribution is -2.34. The number of nitrogens with two attached hydrogens (primary N) is 1. The number of hydrogen-bond acceptors (Lipinski definition) is 4. The molecule has 0 bridgehead atoms. The molecule has 6 heteroatoms. The van der Waals surface area contributed by atoms with Crippen LogP contribution in [0.3, 0.4) is 0 Å². The van der Waals surface area contributed by atoms with Crippen LogP contribution < -0.4 is 16.2 Å². The molecule has 0 fully saturated rings. The lowest BCUT2D eigenvalue weighted by Gasteiger charge is -2.29. The molecule has 0 atom stereocenters. The number of fused-ring (bicyclic) bond motifs is 1. The fourth-order valence-corrected chi connectivity index (χ4v) is 2.82. The van der Waals surface area contributed by atoms with E-state index in [2.05, 4.69) is 46.6 Å². The molecule has 0 radical (unpaired) electrons. The van der Waals surface area contributed by atoms with E-state index in [1.165, 1.54) is 5.56 Å². The summed E-state index contributed by atoms with van der Waals surface area (Å²) in [6.45, 7) is 3.66. The van der Waals surface area contributed by atoms with Gasteiger partial charge in [-0.15, -0.1) is 0 Å². The van der Waals surface area contributed by atoms with Crippen molar-refractivity contribution in [3.05, 3.63) is 46.8 Å². The number of anilines is 1. The van der Waals surface area contributed by atoms with Gasteiger partial charge in [0.05, 0.1) is 0 Å². The summed E-state index contributed by atoms with van der Waals surface area (Å²) in [5.74, 6) is 4.91. The normalized spacial score (nSPS) is 14.0. The third-order valence-electron chi connectivity index (χ3n) is 3.99. The van der Waals surface area contributed by atoms with Gasteiger partial charge in [0.1, 0.15) is 0 Å². The van der Waals surface area contributed by atoms with E-state index < -0.39 is 0 Å². The largest absolute Gasteiger partial charge is 0.367 e. The number of nitrogens with one attached hydrogen (secondary N) is 1. The molecule has 2 aromatic rings. The highest BCUT2D eigenvalue weighted by atomic mass is 16.2. The SMILES string of the molecule is Cc1ccc(N2CCc3c(c(C(=O)NN)nn3C)C2)cc1. The number of nitrogen functional groups attached to an aromatic ring is 1. The molecule has 1 aromatic heterocycles. The van der Waals surface area contributed by atoms with Crippen LogP contribution in [0.4, 0.5) is 5.69 Å². The number of carbonyl (C=O) groups is 1. The van der Waals surface area contributed by atoms with Crippen LogP contribution in [-0.4, -0.2) is 22.2 Å². The standard InChI is InChI=1S/C15H19N5O/c1-10-3-5-11(6-4-10)20-8-7-13-12(9-20)14(15(21)17-16)18-19(13)2/h3-6H,7-9,16H2,1-2H3,(H,17,21). The highest BCUT2D eigenvalue weighted by Crippen LogP contribution is 2.26. The predicted molar refractivity (Wildman–Crippen MR) is 80.8 cm³/mol. The van der Waals surface area contributed by atoms with Crippen molar-refractivity contribution in [2.45, 2.75) is 19.9 Å². The van der Waals surface area contributed by atoms with Gasteiger partial charge in [0.15, 0.2) is 5.69 Å². The van der Waals surface area contributed by atoms with E-state index in [-0.39, 0.29) is 5.91 Å². The summed E-state index contributed by atoms with van der Waals surface area (Å²) < 4.78 is 1.78. The number of hydrogen-bond donors (Lipinski definition) is 2. The van der Waals surface area contributed by atoms with Crippen molar-refractivity contribution >= 4 is 11.6 Å². The van der Waals surface area contributed by atoms with Crippen LogP contribution in [-0.2, 0) is 20.0 Å². The zero-order valence-corrected chi connectivity index (χ0v) is 12.3. The Kier molecular flexibility index (Phi) is 3.39. The van der Waals surface area contributed by atoms with Crippen molar-refractivity contribution in [3.63, 3.8) is 0 Å². The molecule has 3 rings (SSSR count). The molecule has 21 heavy (non-hydrogen) atoms. The van der Waals surface area contributed by atoms with Gasteiger partial charge in [-0.05, 0) is 19.1 Å². The van der Waals surface area contributed by atoms with Crippen molar-refractivity contribution in [2.75, 3.05) is 11.4 Å². The number of hydrazine groups is 1. The van der Waals surface area contributed by atoms with Crippen LogP contribution in [0.2, 0.25) is 0 Å². The molecule has 0 unspecified atom stereocenters. The van der Waals surface area contributed by atoms with Crippen LogP contribution in [0.1, 0.15) is 27.3 Å². The first kappa shape index (κ1) is 13.6. The van der Waals surface area contributed by atoms with Crippen molar-refractivity contribution in [3.8, 4) is 0 Å². The number of amides is 1. The minimum absolute atomic E-state index is 0.336. The van der Waals surface area contributed by atoms with E-state index in [0.717, 1.165) is 29.9 Å². The quantitative estimate of drug-likeness (QED) is 0.488. The Labute approximate surface area is 123 Å². The summed E-state index contributed by atoms with van der Waals surface area (Å²) >= 11 is 0. The van der Waals surface area contributed by atoms with E-state index in [9.17, 15) is 4.79 Å². The molecule has 1 aromatic carbocycles. The third-order valence-corrected chi connectivity index (χ3v) is 3.99. The summed E-state index contributed by atoms with van der Waals surface area (Å²) in [4.78, 5) is 14.1. The van der Waals surface area contributed by atoms with E-state index >= 15 is 0 Å². The van der Waals surface area contributed by atoms with Gasteiger partial charge in [0.2, 0.25) is 0 Å². The van der Waals surface area contributed by atoms with Crippen LogP contribution in [0.15, 0.2) is 24.3 Å². The van der Waals surface area contributed by atoms with E-state index in [1.807, 2.05) is 7.05 Å². The minimum atomic E-state index is -0.336. The Morgan fingerprint density at radius 3 is 2.71 bits per heavy atom. The van der Waals surface area contributed by atoms with E-state index in [0.29, 0.717) is 12.2 Å². The monoisotopic (exact) mass is 285 g/mol. The average molecular weight is 285 g/mol. The van der Waals surface area contributed by atoms with Crippen molar-refractivity contribution in [1.82, 2.24) is 15.2 Å². The zero-order valence-electron chi connectivity index (χ0n) is 12.3. The molecule has 110 valence electrons. The number of nitrogens with zero attached hydrogens (tertiary/aromatic N) is 3. The first-order valence-corrected chi connectivity index (χ1v) is 6.97. The summed E-state index contributed by atoms with van der Waals surface area (Å²) in [7, 11) is 1.87. The Hall–Kier alpha value is -2.34. The highest BCUT2D eigenvalue weighted by Gasteiger charge is 2.26. The molecule has 1 aliphatic rings. The van der Waals surface area contributed by atoms with Crippen molar-refractivity contribution < 1.29 is 4.79 Å². The molecular weight excluding hydrogens is 266 g/mol.